The van der Waals surface area contributed by atoms with Crippen molar-refractivity contribution in [3.05, 3.63) is 0 Å². The van der Waals surface area contributed by atoms with Gasteiger partial charge in [0.2, 0.25) is 5.95 Å². The molecule has 0 radical (unpaired) electrons. The summed E-state index contributed by atoms with van der Waals surface area (Å²) in [5, 5.41) is 11.1. The van der Waals surface area contributed by atoms with Crippen molar-refractivity contribution in [1.82, 2.24) is 20.2 Å². The monoisotopic (exact) mass is 171 g/mol. The first-order valence-corrected chi connectivity index (χ1v) is 6.99. The Morgan fingerprint density at radius 3 is 2.36 bits per heavy atom. The molecule has 5 nitrogen and oxygen atoms in total. The van der Waals surface area contributed by atoms with E-state index in [2.05, 4.69) is 40.1 Å². The summed E-state index contributed by atoms with van der Waals surface area (Å²) in [6, 6.07) is 0. The predicted molar refractivity (Wildman–Crippen MR) is 45.8 cm³/mol. The fraction of sp³-hybridized carbons (Fsp3) is 0.800. The highest BCUT2D eigenvalue weighted by Gasteiger charge is 2.15. The molecule has 1 N–H and O–H groups in total. The predicted octanol–water partition coefficient (Wildman–Crippen LogP) is 0.457. The van der Waals surface area contributed by atoms with E-state index in [1.807, 2.05) is 7.05 Å². The zero-order chi connectivity index (χ0) is 8.48. The lowest BCUT2D eigenvalue weighted by molar-refractivity contribution is 0.715. The normalized spacial score (nSPS) is 11.6. The van der Waals surface area contributed by atoms with Crippen molar-refractivity contribution in [2.45, 2.75) is 19.6 Å². The van der Waals surface area contributed by atoms with Crippen molar-refractivity contribution >= 4 is 14.2 Å². The van der Waals surface area contributed by atoms with E-state index >= 15 is 0 Å². The van der Waals surface area contributed by atoms with Gasteiger partial charge in [-0.2, -0.15) is 0 Å². The number of anilines is 1. The number of nitrogens with zero attached hydrogens (tertiary/aromatic N) is 4. The molecule has 0 bridgehead atoms. The summed E-state index contributed by atoms with van der Waals surface area (Å²) in [7, 11) is 0.515. The number of rotatable bonds is 2. The molecule has 1 heterocycles. The van der Waals surface area contributed by atoms with E-state index < -0.39 is 8.24 Å². The highest BCUT2D eigenvalue weighted by Crippen LogP contribution is 2.05. The van der Waals surface area contributed by atoms with Crippen LogP contribution in [0, 0.1) is 0 Å². The number of hydrogen-bond donors (Lipinski definition) is 1. The van der Waals surface area contributed by atoms with Crippen LogP contribution >= 0.6 is 0 Å². The average molecular weight is 171 g/mol. The standard InChI is InChI=1S/C5H13N5Si/c1-10-5(6-8-9-10)7-11(2,3)4/h1-4H3,(H,6,7,9). The molecule has 0 spiro atoms. The van der Waals surface area contributed by atoms with Crippen molar-refractivity contribution in [2.75, 3.05) is 4.98 Å². The first-order valence-electron chi connectivity index (χ1n) is 3.49. The van der Waals surface area contributed by atoms with Gasteiger partial charge in [-0.25, -0.2) is 4.68 Å². The van der Waals surface area contributed by atoms with Crippen LogP contribution < -0.4 is 4.98 Å². The topological polar surface area (TPSA) is 55.6 Å². The molecule has 0 fully saturated rings. The Morgan fingerprint density at radius 2 is 2.00 bits per heavy atom. The first kappa shape index (κ1) is 8.19. The molecular weight excluding hydrogens is 158 g/mol. The van der Waals surface area contributed by atoms with E-state index in [1.165, 1.54) is 0 Å². The zero-order valence-corrected chi connectivity index (χ0v) is 8.29. The van der Waals surface area contributed by atoms with Gasteiger partial charge in [-0.3, -0.25) is 0 Å². The van der Waals surface area contributed by atoms with E-state index in [-0.39, 0.29) is 0 Å². The molecule has 0 aliphatic heterocycles. The van der Waals surface area contributed by atoms with Crippen LogP contribution in [0.15, 0.2) is 0 Å². The summed E-state index contributed by atoms with van der Waals surface area (Å²) in [6.07, 6.45) is 0. The van der Waals surface area contributed by atoms with Gasteiger partial charge in [0.15, 0.2) is 0 Å². The van der Waals surface area contributed by atoms with Crippen LogP contribution in [0.25, 0.3) is 0 Å². The minimum absolute atomic E-state index is 0.754. The lowest BCUT2D eigenvalue weighted by Gasteiger charge is -2.16. The molecular formula is C5H13N5Si. The smallest absolute Gasteiger partial charge is 0.234 e. The van der Waals surface area contributed by atoms with E-state index in [9.17, 15) is 0 Å². The van der Waals surface area contributed by atoms with Crippen molar-refractivity contribution in [1.29, 1.82) is 0 Å². The highest BCUT2D eigenvalue weighted by molar-refractivity contribution is 6.79. The second-order valence-electron chi connectivity index (χ2n) is 3.50. The van der Waals surface area contributed by atoms with Gasteiger partial charge in [0.25, 0.3) is 0 Å². The van der Waals surface area contributed by atoms with Crippen LogP contribution in [0.1, 0.15) is 0 Å². The van der Waals surface area contributed by atoms with Gasteiger partial charge in [-0.05, 0) is 10.4 Å². The largest absolute Gasteiger partial charge is 0.379 e. The molecule has 0 aromatic carbocycles. The first-order chi connectivity index (χ1) is 4.99. The maximum absolute atomic E-state index is 3.83. The molecule has 11 heavy (non-hydrogen) atoms. The highest BCUT2D eigenvalue weighted by atomic mass is 28.3. The maximum atomic E-state index is 3.83. The third kappa shape index (κ3) is 2.30. The molecule has 6 heteroatoms. The number of nitrogens with one attached hydrogen (secondary N) is 1. The van der Waals surface area contributed by atoms with Gasteiger partial charge in [0.05, 0.1) is 0 Å². The summed E-state index contributed by atoms with van der Waals surface area (Å²) >= 11 is 0. The Hall–Kier alpha value is -0.913. The van der Waals surface area contributed by atoms with Gasteiger partial charge in [0, 0.05) is 7.05 Å². The molecule has 0 aliphatic rings. The number of hydrogen-bond acceptors (Lipinski definition) is 4. The molecule has 0 saturated carbocycles. The molecule has 1 aromatic heterocycles. The second kappa shape index (κ2) is 2.61. The lowest BCUT2D eigenvalue weighted by atomic mass is 11.0. The summed E-state index contributed by atoms with van der Waals surface area (Å²) < 4.78 is 1.64. The Bertz CT molecular complexity index is 237. The summed E-state index contributed by atoms with van der Waals surface area (Å²) in [6.45, 7) is 6.59. The Morgan fingerprint density at radius 1 is 1.36 bits per heavy atom. The van der Waals surface area contributed by atoms with Crippen LogP contribution in [-0.2, 0) is 7.05 Å². The number of aromatic nitrogens is 4. The van der Waals surface area contributed by atoms with Gasteiger partial charge in [-0.15, -0.1) is 0 Å². The molecule has 0 aliphatic carbocycles. The molecule has 0 amide bonds. The fourth-order valence-corrected chi connectivity index (χ4v) is 1.55. The second-order valence-corrected chi connectivity index (χ2v) is 8.25. The minimum Gasteiger partial charge on any atom is -0.379 e. The molecule has 62 valence electrons. The average Bonchev–Trinajstić information content (AvgIpc) is 2.12. The van der Waals surface area contributed by atoms with E-state index in [1.54, 1.807) is 4.68 Å². The SMILES string of the molecule is Cn1nnnc1N[Si](C)(C)C. The Labute approximate surface area is 66.9 Å². The molecule has 0 saturated heterocycles. The van der Waals surface area contributed by atoms with Crippen molar-refractivity contribution in [3.8, 4) is 0 Å². The van der Waals surface area contributed by atoms with Crippen LogP contribution in [0.3, 0.4) is 0 Å². The quantitative estimate of drug-likeness (QED) is 0.657. The summed E-state index contributed by atoms with van der Waals surface area (Å²) in [4.78, 5) is 3.30. The molecule has 0 atom stereocenters. The van der Waals surface area contributed by atoms with Crippen molar-refractivity contribution in [2.24, 2.45) is 7.05 Å². The van der Waals surface area contributed by atoms with Crippen LogP contribution in [0.2, 0.25) is 19.6 Å². The third-order valence-electron chi connectivity index (χ3n) is 1.11. The van der Waals surface area contributed by atoms with Gasteiger partial charge in [0.1, 0.15) is 8.24 Å². The van der Waals surface area contributed by atoms with Gasteiger partial charge < -0.3 is 4.98 Å². The van der Waals surface area contributed by atoms with E-state index in [0.29, 0.717) is 0 Å². The van der Waals surface area contributed by atoms with E-state index in [0.717, 1.165) is 5.95 Å². The minimum atomic E-state index is -1.31. The number of tetrazole rings is 1. The Balaban J connectivity index is 2.72. The fourth-order valence-electron chi connectivity index (χ4n) is 0.671. The number of aryl methyl sites for hydroxylation is 1. The summed E-state index contributed by atoms with van der Waals surface area (Å²) in [5.74, 6) is 0.754. The lowest BCUT2D eigenvalue weighted by Crippen LogP contribution is -2.33. The third-order valence-corrected chi connectivity index (χ3v) is 2.08. The van der Waals surface area contributed by atoms with Gasteiger partial charge in [-0.1, -0.05) is 24.7 Å². The van der Waals surface area contributed by atoms with Crippen LogP contribution in [0.5, 0.6) is 0 Å². The Kier molecular flexibility index (Phi) is 1.94. The molecule has 0 unspecified atom stereocenters. The van der Waals surface area contributed by atoms with Crippen molar-refractivity contribution in [3.63, 3.8) is 0 Å². The van der Waals surface area contributed by atoms with E-state index in [4.69, 9.17) is 0 Å². The summed E-state index contributed by atoms with van der Waals surface area (Å²) in [5.41, 5.74) is 0. The molecule has 1 rings (SSSR count). The van der Waals surface area contributed by atoms with Crippen molar-refractivity contribution < 1.29 is 0 Å². The maximum Gasteiger partial charge on any atom is 0.234 e. The molecule has 1 aromatic rings. The van der Waals surface area contributed by atoms with Crippen LogP contribution in [0.4, 0.5) is 5.95 Å². The van der Waals surface area contributed by atoms with Crippen LogP contribution in [-0.4, -0.2) is 28.4 Å². The van der Waals surface area contributed by atoms with Gasteiger partial charge >= 0.3 is 0 Å². The zero-order valence-electron chi connectivity index (χ0n) is 7.29.